The Labute approximate surface area is 93.5 Å². The van der Waals surface area contributed by atoms with Gasteiger partial charge in [0.25, 0.3) is 0 Å². The number of benzene rings is 1. The SMILES string of the molecule is O=CC1CCN(c2ccc(F)cc2O)CC1. The molecule has 0 radical (unpaired) electrons. The molecule has 0 spiro atoms. The molecule has 1 aromatic rings. The average Bonchev–Trinajstić information content (AvgIpc) is 2.29. The van der Waals surface area contributed by atoms with E-state index in [1.165, 1.54) is 6.07 Å². The lowest BCUT2D eigenvalue weighted by Crippen LogP contribution is -2.34. The van der Waals surface area contributed by atoms with Crippen molar-refractivity contribution in [1.29, 1.82) is 0 Å². The first-order valence-electron chi connectivity index (χ1n) is 5.39. The summed E-state index contributed by atoms with van der Waals surface area (Å²) in [5.41, 5.74) is 0.644. The predicted molar refractivity (Wildman–Crippen MR) is 59.1 cm³/mol. The molecule has 86 valence electrons. The molecule has 3 nitrogen and oxygen atoms in total. The van der Waals surface area contributed by atoms with Gasteiger partial charge in [-0.1, -0.05) is 0 Å². The molecule has 1 aliphatic rings. The van der Waals surface area contributed by atoms with Crippen LogP contribution in [-0.4, -0.2) is 24.5 Å². The minimum Gasteiger partial charge on any atom is -0.506 e. The number of halogens is 1. The summed E-state index contributed by atoms with van der Waals surface area (Å²) in [6.45, 7) is 1.45. The number of aromatic hydroxyl groups is 1. The number of phenols is 1. The quantitative estimate of drug-likeness (QED) is 0.779. The van der Waals surface area contributed by atoms with Gasteiger partial charge in [0.1, 0.15) is 17.9 Å². The number of anilines is 1. The molecular weight excluding hydrogens is 209 g/mol. The average molecular weight is 223 g/mol. The summed E-state index contributed by atoms with van der Waals surface area (Å²) in [5, 5.41) is 9.62. The van der Waals surface area contributed by atoms with Crippen LogP contribution in [0.1, 0.15) is 12.8 Å². The van der Waals surface area contributed by atoms with Gasteiger partial charge in [-0.15, -0.1) is 0 Å². The molecule has 16 heavy (non-hydrogen) atoms. The van der Waals surface area contributed by atoms with Crippen LogP contribution in [-0.2, 0) is 4.79 Å². The van der Waals surface area contributed by atoms with Crippen LogP contribution >= 0.6 is 0 Å². The molecule has 1 N–H and O–H groups in total. The number of carbonyl (C=O) groups is 1. The van der Waals surface area contributed by atoms with Gasteiger partial charge in [-0.3, -0.25) is 0 Å². The van der Waals surface area contributed by atoms with Crippen molar-refractivity contribution >= 4 is 12.0 Å². The first-order valence-corrected chi connectivity index (χ1v) is 5.39. The second kappa shape index (κ2) is 4.51. The fraction of sp³-hybridized carbons (Fsp3) is 0.417. The van der Waals surface area contributed by atoms with Gasteiger partial charge in [-0.25, -0.2) is 4.39 Å². The molecule has 0 aromatic heterocycles. The first-order chi connectivity index (χ1) is 7.70. The van der Waals surface area contributed by atoms with Gasteiger partial charge in [0.2, 0.25) is 0 Å². The zero-order valence-electron chi connectivity index (χ0n) is 8.90. The molecule has 0 aliphatic carbocycles. The summed E-state index contributed by atoms with van der Waals surface area (Å²) >= 11 is 0. The Hall–Kier alpha value is -1.58. The zero-order chi connectivity index (χ0) is 11.5. The summed E-state index contributed by atoms with van der Waals surface area (Å²) in [6, 6.07) is 4.02. The highest BCUT2D eigenvalue weighted by molar-refractivity contribution is 5.59. The number of hydrogen-bond acceptors (Lipinski definition) is 3. The Morgan fingerprint density at radius 1 is 1.38 bits per heavy atom. The third-order valence-corrected chi connectivity index (χ3v) is 3.01. The molecule has 0 amide bonds. The molecule has 0 bridgehead atoms. The Balaban J connectivity index is 2.11. The summed E-state index contributed by atoms with van der Waals surface area (Å²) in [7, 11) is 0. The van der Waals surface area contributed by atoms with E-state index in [1.54, 1.807) is 6.07 Å². The second-order valence-electron chi connectivity index (χ2n) is 4.09. The van der Waals surface area contributed by atoms with Gasteiger partial charge in [0.15, 0.2) is 0 Å². The van der Waals surface area contributed by atoms with Crippen molar-refractivity contribution in [1.82, 2.24) is 0 Å². The van der Waals surface area contributed by atoms with Crippen LogP contribution in [0.15, 0.2) is 18.2 Å². The molecule has 0 atom stereocenters. The third kappa shape index (κ3) is 2.15. The standard InChI is InChI=1S/C12H14FNO2/c13-10-1-2-11(12(16)7-10)14-5-3-9(8-15)4-6-14/h1-2,7-9,16H,3-6H2. The maximum atomic E-state index is 12.8. The fourth-order valence-electron chi connectivity index (χ4n) is 2.04. The highest BCUT2D eigenvalue weighted by Gasteiger charge is 2.20. The van der Waals surface area contributed by atoms with Crippen LogP contribution in [0, 0.1) is 11.7 Å². The van der Waals surface area contributed by atoms with Crippen molar-refractivity contribution in [2.45, 2.75) is 12.8 Å². The lowest BCUT2D eigenvalue weighted by molar-refractivity contribution is -0.111. The van der Waals surface area contributed by atoms with Crippen LogP contribution in [0.5, 0.6) is 5.75 Å². The van der Waals surface area contributed by atoms with E-state index in [1.807, 2.05) is 4.90 Å². The smallest absolute Gasteiger partial charge is 0.141 e. The van der Waals surface area contributed by atoms with Gasteiger partial charge in [0.05, 0.1) is 5.69 Å². The van der Waals surface area contributed by atoms with Crippen molar-refractivity contribution < 1.29 is 14.3 Å². The Morgan fingerprint density at radius 3 is 2.62 bits per heavy atom. The van der Waals surface area contributed by atoms with Crippen LogP contribution in [0.2, 0.25) is 0 Å². The highest BCUT2D eigenvalue weighted by Crippen LogP contribution is 2.30. The van der Waals surface area contributed by atoms with Crippen molar-refractivity contribution in [3.8, 4) is 5.75 Å². The molecule has 1 fully saturated rings. The van der Waals surface area contributed by atoms with E-state index in [2.05, 4.69) is 0 Å². The number of phenolic OH excluding ortho intramolecular Hbond substituents is 1. The Morgan fingerprint density at radius 2 is 2.06 bits per heavy atom. The molecule has 0 saturated carbocycles. The Kier molecular flexibility index (Phi) is 3.08. The largest absolute Gasteiger partial charge is 0.506 e. The zero-order valence-corrected chi connectivity index (χ0v) is 8.90. The molecule has 1 heterocycles. The van der Waals surface area contributed by atoms with E-state index < -0.39 is 5.82 Å². The van der Waals surface area contributed by atoms with Crippen molar-refractivity contribution in [2.24, 2.45) is 5.92 Å². The van der Waals surface area contributed by atoms with Gasteiger partial charge >= 0.3 is 0 Å². The van der Waals surface area contributed by atoms with E-state index >= 15 is 0 Å². The van der Waals surface area contributed by atoms with Crippen LogP contribution in [0.4, 0.5) is 10.1 Å². The molecule has 1 saturated heterocycles. The normalized spacial score (nSPS) is 17.4. The number of aldehydes is 1. The summed E-state index contributed by atoms with van der Waals surface area (Å²) in [4.78, 5) is 12.6. The van der Waals surface area contributed by atoms with E-state index in [0.717, 1.165) is 38.3 Å². The molecule has 2 rings (SSSR count). The minimum absolute atomic E-state index is 0.0375. The van der Waals surface area contributed by atoms with E-state index in [4.69, 9.17) is 0 Å². The molecule has 1 aliphatic heterocycles. The molecular formula is C12H14FNO2. The monoisotopic (exact) mass is 223 g/mol. The highest BCUT2D eigenvalue weighted by atomic mass is 19.1. The lowest BCUT2D eigenvalue weighted by atomic mass is 9.98. The number of hydrogen-bond donors (Lipinski definition) is 1. The number of rotatable bonds is 2. The first kappa shape index (κ1) is 10.9. The van der Waals surface area contributed by atoms with Gasteiger partial charge in [0, 0.05) is 25.1 Å². The predicted octanol–water partition coefficient (Wildman–Crippen LogP) is 1.95. The topological polar surface area (TPSA) is 40.5 Å². The van der Waals surface area contributed by atoms with Crippen molar-refractivity contribution in [3.05, 3.63) is 24.0 Å². The van der Waals surface area contributed by atoms with Crippen LogP contribution < -0.4 is 4.90 Å². The van der Waals surface area contributed by atoms with Gasteiger partial charge in [-0.05, 0) is 25.0 Å². The summed E-state index contributed by atoms with van der Waals surface area (Å²) in [5.74, 6) is -0.354. The number of piperidine rings is 1. The van der Waals surface area contributed by atoms with E-state index in [0.29, 0.717) is 5.69 Å². The lowest BCUT2D eigenvalue weighted by Gasteiger charge is -2.31. The molecule has 1 aromatic carbocycles. The van der Waals surface area contributed by atoms with Crippen LogP contribution in [0.3, 0.4) is 0 Å². The third-order valence-electron chi connectivity index (χ3n) is 3.01. The number of nitrogens with zero attached hydrogens (tertiary/aromatic N) is 1. The number of carbonyl (C=O) groups excluding carboxylic acids is 1. The van der Waals surface area contributed by atoms with Crippen molar-refractivity contribution in [3.63, 3.8) is 0 Å². The van der Waals surface area contributed by atoms with E-state index in [-0.39, 0.29) is 11.7 Å². The molecule has 0 unspecified atom stereocenters. The maximum absolute atomic E-state index is 12.8. The van der Waals surface area contributed by atoms with Gasteiger partial charge in [-0.2, -0.15) is 0 Å². The van der Waals surface area contributed by atoms with Crippen LogP contribution in [0.25, 0.3) is 0 Å². The van der Waals surface area contributed by atoms with E-state index in [9.17, 15) is 14.3 Å². The minimum atomic E-state index is -0.441. The second-order valence-corrected chi connectivity index (χ2v) is 4.09. The van der Waals surface area contributed by atoms with Crippen molar-refractivity contribution in [2.75, 3.05) is 18.0 Å². The summed E-state index contributed by atoms with van der Waals surface area (Å²) in [6.07, 6.45) is 2.57. The van der Waals surface area contributed by atoms with Gasteiger partial charge < -0.3 is 14.8 Å². The Bertz CT molecular complexity index is 387. The summed E-state index contributed by atoms with van der Waals surface area (Å²) < 4.78 is 12.8. The fourth-order valence-corrected chi connectivity index (χ4v) is 2.04. The molecule has 4 heteroatoms. The maximum Gasteiger partial charge on any atom is 0.141 e.